The lowest BCUT2D eigenvalue weighted by atomic mass is 10.0. The zero-order chi connectivity index (χ0) is 20.9. The summed E-state index contributed by atoms with van der Waals surface area (Å²) in [6.45, 7) is 4.65. The molecular weight excluding hydrogens is 382 g/mol. The van der Waals surface area contributed by atoms with Gasteiger partial charge >= 0.3 is 5.97 Å². The van der Waals surface area contributed by atoms with E-state index < -0.39 is 33.2 Å². The minimum absolute atomic E-state index is 0.395. The molecule has 0 aromatic heterocycles. The minimum Gasteiger partial charge on any atom is -0.493 e. The normalized spacial score (nSPS) is 13.0. The molecule has 1 atom stereocenters. The molecule has 0 spiro atoms. The first-order valence-corrected chi connectivity index (χ1v) is 10.2. The molecule has 2 N–H and O–H groups in total. The molecule has 0 bridgehead atoms. The van der Waals surface area contributed by atoms with Gasteiger partial charge in [-0.2, -0.15) is 0 Å². The zero-order valence-corrected chi connectivity index (χ0v) is 17.1. The number of hydrogen-bond acceptors (Lipinski definition) is 5. The second kappa shape index (κ2) is 8.62. The van der Waals surface area contributed by atoms with E-state index in [1.54, 1.807) is 63.2 Å². The minimum atomic E-state index is -3.75. The lowest BCUT2D eigenvalue weighted by molar-refractivity contribution is -0.137. The molecule has 0 fully saturated rings. The van der Waals surface area contributed by atoms with Crippen LogP contribution in [0.2, 0.25) is 0 Å². The van der Waals surface area contributed by atoms with Gasteiger partial charge in [0.1, 0.15) is 5.75 Å². The number of sulfonamides is 1. The highest BCUT2D eigenvalue weighted by molar-refractivity contribution is 7.90. The van der Waals surface area contributed by atoms with Crippen LogP contribution in [0.15, 0.2) is 48.5 Å². The van der Waals surface area contributed by atoms with Crippen molar-refractivity contribution in [2.45, 2.75) is 38.0 Å². The van der Waals surface area contributed by atoms with Gasteiger partial charge in [0.25, 0.3) is 0 Å². The predicted molar refractivity (Wildman–Crippen MR) is 106 cm³/mol. The Morgan fingerprint density at radius 1 is 1.11 bits per heavy atom. The summed E-state index contributed by atoms with van der Waals surface area (Å²) in [5, 5.41) is 9.24. The molecule has 0 unspecified atom stereocenters. The van der Waals surface area contributed by atoms with E-state index in [-0.39, 0.29) is 0 Å². The molecule has 0 amide bonds. The van der Waals surface area contributed by atoms with Crippen molar-refractivity contribution in [3.63, 3.8) is 0 Å². The molecule has 0 aliphatic heterocycles. The summed E-state index contributed by atoms with van der Waals surface area (Å²) < 4.78 is 37.6. The first-order chi connectivity index (χ1) is 13.0. The molecule has 2 aromatic rings. The fourth-order valence-electron chi connectivity index (χ4n) is 2.39. The van der Waals surface area contributed by atoms with Crippen molar-refractivity contribution >= 4 is 16.0 Å². The molecule has 152 valence electrons. The Morgan fingerprint density at radius 3 is 2.32 bits per heavy atom. The van der Waals surface area contributed by atoms with Gasteiger partial charge in [-0.3, -0.25) is 4.79 Å². The second-order valence-corrected chi connectivity index (χ2v) is 9.68. The van der Waals surface area contributed by atoms with Gasteiger partial charge in [-0.15, -0.1) is 0 Å². The van der Waals surface area contributed by atoms with Crippen LogP contribution in [0.4, 0.5) is 0 Å². The number of carbonyl (C=O) groups is 1. The largest absolute Gasteiger partial charge is 0.493 e. The van der Waals surface area contributed by atoms with E-state index in [1.807, 2.05) is 6.07 Å². The van der Waals surface area contributed by atoms with E-state index in [4.69, 9.17) is 9.47 Å². The fourth-order valence-corrected chi connectivity index (χ4v) is 3.34. The molecule has 0 radical (unpaired) electrons. The Morgan fingerprint density at radius 2 is 1.75 bits per heavy atom. The van der Waals surface area contributed by atoms with Crippen LogP contribution in [0.3, 0.4) is 0 Å². The topological polar surface area (TPSA) is 102 Å². The molecule has 0 saturated carbocycles. The number of aliphatic carboxylic acids is 1. The number of carboxylic acids is 1. The number of methoxy groups -OCH3 is 1. The van der Waals surface area contributed by atoms with Gasteiger partial charge in [-0.25, -0.2) is 13.1 Å². The van der Waals surface area contributed by atoms with Gasteiger partial charge in [0, 0.05) is 0 Å². The highest BCUT2D eigenvalue weighted by Crippen LogP contribution is 2.32. The third-order valence-corrected chi connectivity index (χ3v) is 6.25. The average molecular weight is 407 g/mol. The molecule has 0 aliphatic rings. The van der Waals surface area contributed by atoms with Crippen LogP contribution in [0.1, 0.15) is 38.8 Å². The molecule has 0 aliphatic carbocycles. The Hall–Kier alpha value is -2.58. The Kier molecular flexibility index (Phi) is 6.69. The second-order valence-electron chi connectivity index (χ2n) is 7.21. The average Bonchev–Trinajstić information content (AvgIpc) is 2.60. The summed E-state index contributed by atoms with van der Waals surface area (Å²) in [4.78, 5) is 11.3. The van der Waals surface area contributed by atoms with Gasteiger partial charge < -0.3 is 14.6 Å². The van der Waals surface area contributed by atoms with Crippen molar-refractivity contribution in [1.29, 1.82) is 0 Å². The number of rotatable bonds is 8. The van der Waals surface area contributed by atoms with E-state index >= 15 is 0 Å². The highest BCUT2D eigenvalue weighted by atomic mass is 32.2. The summed E-state index contributed by atoms with van der Waals surface area (Å²) >= 11 is 0. The van der Waals surface area contributed by atoms with Crippen molar-refractivity contribution in [2.75, 3.05) is 7.11 Å². The van der Waals surface area contributed by atoms with E-state index in [1.165, 1.54) is 7.11 Å². The zero-order valence-electron chi connectivity index (χ0n) is 16.3. The van der Waals surface area contributed by atoms with E-state index in [0.717, 1.165) is 0 Å². The third-order valence-electron chi connectivity index (χ3n) is 4.04. The van der Waals surface area contributed by atoms with Crippen molar-refractivity contribution in [1.82, 2.24) is 4.72 Å². The van der Waals surface area contributed by atoms with E-state index in [0.29, 0.717) is 22.8 Å². The number of para-hydroxylation sites is 2. The predicted octanol–water partition coefficient (Wildman–Crippen LogP) is 3.72. The Bertz CT molecular complexity index is 934. The molecule has 0 heterocycles. The summed E-state index contributed by atoms with van der Waals surface area (Å²) in [7, 11) is -2.22. The van der Waals surface area contributed by atoms with Crippen LogP contribution in [-0.2, 0) is 14.8 Å². The van der Waals surface area contributed by atoms with Gasteiger partial charge in [0.2, 0.25) is 10.0 Å². The van der Waals surface area contributed by atoms with Crippen LogP contribution in [0.5, 0.6) is 17.2 Å². The smallest absolute Gasteiger partial charge is 0.305 e. The number of ether oxygens (including phenoxy) is 2. The molecule has 8 heteroatoms. The summed E-state index contributed by atoms with van der Waals surface area (Å²) in [6, 6.07) is 12.8. The molecule has 2 aromatic carbocycles. The van der Waals surface area contributed by atoms with Gasteiger partial charge in [0.15, 0.2) is 11.5 Å². The first-order valence-electron chi connectivity index (χ1n) is 8.68. The Labute approximate surface area is 165 Å². The summed E-state index contributed by atoms with van der Waals surface area (Å²) in [6.07, 6.45) is -0.395. The van der Waals surface area contributed by atoms with Crippen LogP contribution in [-0.4, -0.2) is 31.4 Å². The van der Waals surface area contributed by atoms with Crippen molar-refractivity contribution in [3.05, 3.63) is 54.1 Å². The summed E-state index contributed by atoms with van der Waals surface area (Å²) in [5.74, 6) is 0.362. The number of nitrogens with one attached hydrogen (secondary N) is 1. The van der Waals surface area contributed by atoms with Crippen LogP contribution in [0.25, 0.3) is 0 Å². The maximum atomic E-state index is 12.5. The van der Waals surface area contributed by atoms with E-state index in [2.05, 4.69) is 4.72 Å². The molecule has 7 nitrogen and oxygen atoms in total. The fraction of sp³-hybridized carbons (Fsp3) is 0.350. The quantitative estimate of drug-likeness (QED) is 0.691. The number of carboxylic acid groups (broad SMARTS) is 1. The van der Waals surface area contributed by atoms with Crippen molar-refractivity contribution in [3.8, 4) is 17.2 Å². The van der Waals surface area contributed by atoms with Crippen molar-refractivity contribution in [2.24, 2.45) is 0 Å². The molecular formula is C20H25NO6S. The van der Waals surface area contributed by atoms with Crippen LogP contribution >= 0.6 is 0 Å². The van der Waals surface area contributed by atoms with Gasteiger partial charge in [0.05, 0.1) is 24.3 Å². The highest BCUT2D eigenvalue weighted by Gasteiger charge is 2.32. The standard InChI is InChI=1S/C20H25NO6S/c1-20(2,3)28(24,25)21-16(13-19(22)23)14-8-7-9-15(12-14)27-18-11-6-5-10-17(18)26-4/h5-12,16,21H,13H2,1-4H3,(H,22,23)/t16-/m1/s1. The number of hydrogen-bond donors (Lipinski definition) is 2. The van der Waals surface area contributed by atoms with Gasteiger partial charge in [-0.1, -0.05) is 24.3 Å². The van der Waals surface area contributed by atoms with E-state index in [9.17, 15) is 18.3 Å². The lowest BCUT2D eigenvalue weighted by Gasteiger charge is -2.25. The Balaban J connectivity index is 2.35. The van der Waals surface area contributed by atoms with Crippen LogP contribution in [0, 0.1) is 0 Å². The lowest BCUT2D eigenvalue weighted by Crippen LogP contribution is -2.41. The third kappa shape index (κ3) is 5.46. The maximum absolute atomic E-state index is 12.5. The van der Waals surface area contributed by atoms with Crippen LogP contribution < -0.4 is 14.2 Å². The molecule has 2 rings (SSSR count). The monoisotopic (exact) mass is 407 g/mol. The maximum Gasteiger partial charge on any atom is 0.305 e. The first kappa shape index (κ1) is 21.7. The summed E-state index contributed by atoms with van der Waals surface area (Å²) in [5.41, 5.74) is 0.489. The van der Waals surface area contributed by atoms with Gasteiger partial charge in [-0.05, 0) is 50.6 Å². The molecule has 0 saturated heterocycles. The van der Waals surface area contributed by atoms with Crippen molar-refractivity contribution < 1.29 is 27.8 Å². The number of benzene rings is 2. The molecule has 28 heavy (non-hydrogen) atoms. The SMILES string of the molecule is COc1ccccc1Oc1cccc([C@@H](CC(=O)O)NS(=O)(=O)C(C)(C)C)c1.